The first-order chi connectivity index (χ1) is 14.6. The number of anilines is 1. The Morgan fingerprint density at radius 1 is 1.07 bits per heavy atom. The van der Waals surface area contributed by atoms with Gasteiger partial charge < -0.3 is 10.1 Å². The van der Waals surface area contributed by atoms with Crippen LogP contribution in [0.25, 0.3) is 6.08 Å². The summed E-state index contributed by atoms with van der Waals surface area (Å²) in [7, 11) is 0. The minimum absolute atomic E-state index is 0.0439. The fraction of sp³-hybridized carbons (Fsp3) is 0.120. The first-order valence-corrected chi connectivity index (χ1v) is 10.4. The summed E-state index contributed by atoms with van der Waals surface area (Å²) in [5.41, 5.74) is 3.80. The van der Waals surface area contributed by atoms with E-state index in [1.54, 1.807) is 30.3 Å². The first-order valence-electron chi connectivity index (χ1n) is 9.57. The number of amides is 1. The summed E-state index contributed by atoms with van der Waals surface area (Å²) in [6, 6.07) is 25.0. The van der Waals surface area contributed by atoms with Crippen molar-refractivity contribution in [2.75, 3.05) is 11.9 Å². The van der Waals surface area contributed by atoms with Crippen LogP contribution in [0.15, 0.2) is 82.8 Å². The summed E-state index contributed by atoms with van der Waals surface area (Å²) in [5, 5.41) is 12.2. The number of halogens is 1. The summed E-state index contributed by atoms with van der Waals surface area (Å²) in [6.07, 6.45) is 2.39. The molecule has 0 radical (unpaired) electrons. The van der Waals surface area contributed by atoms with Gasteiger partial charge in [0.25, 0.3) is 5.91 Å². The van der Waals surface area contributed by atoms with Crippen LogP contribution in [0, 0.1) is 11.3 Å². The number of carbonyl (C=O) groups is 1. The Hall–Kier alpha value is -3.36. The Morgan fingerprint density at radius 3 is 2.40 bits per heavy atom. The Balaban J connectivity index is 1.68. The van der Waals surface area contributed by atoms with Crippen molar-refractivity contribution in [1.82, 2.24) is 0 Å². The van der Waals surface area contributed by atoms with Crippen LogP contribution in [0.5, 0.6) is 5.75 Å². The fourth-order valence-corrected chi connectivity index (χ4v) is 3.33. The SMILES string of the molecule is CCOc1ccc(NC(=O)/C(C#N)=C/c2ccc(Cc3ccccc3Br)cc2)cc1. The minimum Gasteiger partial charge on any atom is -0.494 e. The van der Waals surface area contributed by atoms with Crippen LogP contribution in [0.2, 0.25) is 0 Å². The van der Waals surface area contributed by atoms with Gasteiger partial charge in [0.1, 0.15) is 17.4 Å². The van der Waals surface area contributed by atoms with Crippen molar-refractivity contribution < 1.29 is 9.53 Å². The summed E-state index contributed by atoms with van der Waals surface area (Å²) >= 11 is 3.57. The molecular weight excluding hydrogens is 440 g/mol. The van der Waals surface area contributed by atoms with Crippen molar-refractivity contribution >= 4 is 33.6 Å². The van der Waals surface area contributed by atoms with E-state index in [0.717, 1.165) is 27.8 Å². The number of rotatable bonds is 7. The Labute approximate surface area is 184 Å². The molecule has 1 N–H and O–H groups in total. The second kappa shape index (κ2) is 10.4. The van der Waals surface area contributed by atoms with E-state index in [1.807, 2.05) is 55.5 Å². The maximum Gasteiger partial charge on any atom is 0.266 e. The van der Waals surface area contributed by atoms with Gasteiger partial charge in [0.2, 0.25) is 0 Å². The maximum atomic E-state index is 12.5. The van der Waals surface area contributed by atoms with Gasteiger partial charge in [-0.2, -0.15) is 5.26 Å². The number of nitrogens with zero attached hydrogens (tertiary/aromatic N) is 1. The van der Waals surface area contributed by atoms with Crippen molar-refractivity contribution in [3.05, 3.63) is 99.5 Å². The predicted octanol–water partition coefficient (Wildman–Crippen LogP) is 5.98. The number of hydrogen-bond acceptors (Lipinski definition) is 3. The van der Waals surface area contributed by atoms with Gasteiger partial charge in [-0.3, -0.25) is 4.79 Å². The Morgan fingerprint density at radius 2 is 1.77 bits per heavy atom. The molecule has 30 heavy (non-hydrogen) atoms. The zero-order chi connectivity index (χ0) is 21.3. The molecule has 0 atom stereocenters. The van der Waals surface area contributed by atoms with Gasteiger partial charge in [0.05, 0.1) is 6.61 Å². The van der Waals surface area contributed by atoms with Crippen molar-refractivity contribution in [2.45, 2.75) is 13.3 Å². The van der Waals surface area contributed by atoms with Gasteiger partial charge in [0, 0.05) is 10.2 Å². The highest BCUT2D eigenvalue weighted by atomic mass is 79.9. The summed E-state index contributed by atoms with van der Waals surface area (Å²) in [6.45, 7) is 2.49. The molecule has 0 unspecified atom stereocenters. The van der Waals surface area contributed by atoms with E-state index >= 15 is 0 Å². The lowest BCUT2D eigenvalue weighted by Crippen LogP contribution is -2.13. The number of benzene rings is 3. The smallest absolute Gasteiger partial charge is 0.266 e. The van der Waals surface area contributed by atoms with E-state index in [1.165, 1.54) is 5.56 Å². The molecular formula is C25H21BrN2O2. The summed E-state index contributed by atoms with van der Waals surface area (Å²) in [5.74, 6) is 0.285. The topological polar surface area (TPSA) is 62.1 Å². The lowest BCUT2D eigenvalue weighted by molar-refractivity contribution is -0.112. The van der Waals surface area contributed by atoms with Gasteiger partial charge in [-0.1, -0.05) is 58.4 Å². The van der Waals surface area contributed by atoms with Crippen molar-refractivity contribution in [3.8, 4) is 11.8 Å². The lowest BCUT2D eigenvalue weighted by atomic mass is 10.0. The van der Waals surface area contributed by atoms with Crippen molar-refractivity contribution in [1.29, 1.82) is 5.26 Å². The summed E-state index contributed by atoms with van der Waals surface area (Å²) in [4.78, 5) is 12.5. The molecule has 1 amide bonds. The molecule has 5 heteroatoms. The third kappa shape index (κ3) is 5.82. The van der Waals surface area contributed by atoms with Crippen molar-refractivity contribution in [3.63, 3.8) is 0 Å². The number of nitriles is 1. The quantitative estimate of drug-likeness (QED) is 0.348. The lowest BCUT2D eigenvalue weighted by Gasteiger charge is -2.07. The Kier molecular flexibility index (Phi) is 7.42. The number of hydrogen-bond donors (Lipinski definition) is 1. The monoisotopic (exact) mass is 460 g/mol. The van der Waals surface area contributed by atoms with Crippen LogP contribution in [-0.4, -0.2) is 12.5 Å². The Bertz CT molecular complexity index is 1080. The first kappa shape index (κ1) is 21.4. The van der Waals surface area contributed by atoms with Gasteiger partial charge in [-0.05, 0) is 66.4 Å². The average molecular weight is 461 g/mol. The largest absolute Gasteiger partial charge is 0.494 e. The zero-order valence-corrected chi connectivity index (χ0v) is 18.1. The van der Waals surface area contributed by atoms with Crippen LogP contribution < -0.4 is 10.1 Å². The number of ether oxygens (including phenoxy) is 1. The average Bonchev–Trinajstić information content (AvgIpc) is 2.76. The second-order valence-corrected chi connectivity index (χ2v) is 7.45. The molecule has 4 nitrogen and oxygen atoms in total. The van der Waals surface area contributed by atoms with Crippen LogP contribution in [0.3, 0.4) is 0 Å². The predicted molar refractivity (Wildman–Crippen MR) is 123 cm³/mol. The van der Waals surface area contributed by atoms with E-state index in [-0.39, 0.29) is 5.57 Å². The third-order valence-corrected chi connectivity index (χ3v) is 5.21. The summed E-state index contributed by atoms with van der Waals surface area (Å²) < 4.78 is 6.46. The van der Waals surface area contributed by atoms with E-state index in [0.29, 0.717) is 12.3 Å². The van der Waals surface area contributed by atoms with Gasteiger partial charge in [0.15, 0.2) is 0 Å². The van der Waals surface area contributed by atoms with E-state index in [9.17, 15) is 10.1 Å². The molecule has 0 aliphatic carbocycles. The highest BCUT2D eigenvalue weighted by Crippen LogP contribution is 2.21. The van der Waals surface area contributed by atoms with Crippen LogP contribution in [0.4, 0.5) is 5.69 Å². The molecule has 150 valence electrons. The number of nitrogens with one attached hydrogen (secondary N) is 1. The third-order valence-electron chi connectivity index (χ3n) is 4.43. The minimum atomic E-state index is -0.445. The molecule has 0 aliphatic heterocycles. The maximum absolute atomic E-state index is 12.5. The molecule has 0 saturated carbocycles. The van der Waals surface area contributed by atoms with Crippen molar-refractivity contribution in [2.24, 2.45) is 0 Å². The molecule has 0 saturated heterocycles. The van der Waals surface area contributed by atoms with E-state index < -0.39 is 5.91 Å². The molecule has 3 rings (SSSR count). The van der Waals surface area contributed by atoms with E-state index in [2.05, 4.69) is 27.3 Å². The molecule has 0 fully saturated rings. The van der Waals surface area contributed by atoms with Gasteiger partial charge >= 0.3 is 0 Å². The standard InChI is InChI=1S/C25H21BrN2O2/c1-2-30-23-13-11-22(12-14-23)28-25(29)21(17-27)16-19-9-7-18(8-10-19)15-20-5-3-4-6-24(20)26/h3-14,16H,2,15H2,1H3,(H,28,29)/b21-16+. The molecule has 0 heterocycles. The molecule has 0 aliphatic rings. The molecule has 0 spiro atoms. The van der Waals surface area contributed by atoms with Crippen LogP contribution in [0.1, 0.15) is 23.6 Å². The van der Waals surface area contributed by atoms with Gasteiger partial charge in [-0.25, -0.2) is 0 Å². The highest BCUT2D eigenvalue weighted by Gasteiger charge is 2.10. The zero-order valence-electron chi connectivity index (χ0n) is 16.6. The second-order valence-electron chi connectivity index (χ2n) is 6.59. The highest BCUT2D eigenvalue weighted by molar-refractivity contribution is 9.10. The molecule has 3 aromatic rings. The normalized spacial score (nSPS) is 10.9. The number of carbonyl (C=O) groups excluding carboxylic acids is 1. The fourth-order valence-electron chi connectivity index (χ4n) is 2.91. The molecule has 0 aromatic heterocycles. The molecule has 0 bridgehead atoms. The van der Waals surface area contributed by atoms with Crippen LogP contribution in [-0.2, 0) is 11.2 Å². The van der Waals surface area contributed by atoms with E-state index in [4.69, 9.17) is 4.74 Å². The van der Waals surface area contributed by atoms with Gasteiger partial charge in [-0.15, -0.1) is 0 Å². The van der Waals surface area contributed by atoms with Crippen LogP contribution >= 0.6 is 15.9 Å². The molecule has 3 aromatic carbocycles.